The van der Waals surface area contributed by atoms with Crippen molar-refractivity contribution < 1.29 is 4.79 Å². The summed E-state index contributed by atoms with van der Waals surface area (Å²) in [6, 6.07) is 25.6. The van der Waals surface area contributed by atoms with E-state index in [0.717, 1.165) is 11.3 Å². The van der Waals surface area contributed by atoms with Crippen LogP contribution in [0.15, 0.2) is 84.9 Å². The highest BCUT2D eigenvalue weighted by Gasteiger charge is 2.18. The number of carbonyl (C=O) groups is 1. The molecule has 0 aliphatic rings. The van der Waals surface area contributed by atoms with Gasteiger partial charge in [0.25, 0.3) is 5.91 Å². The molecule has 28 heavy (non-hydrogen) atoms. The molecule has 0 aliphatic heterocycles. The van der Waals surface area contributed by atoms with Gasteiger partial charge >= 0.3 is 0 Å². The summed E-state index contributed by atoms with van der Waals surface area (Å²) >= 11 is 5.98. The van der Waals surface area contributed by atoms with Crippen LogP contribution in [0.25, 0.3) is 16.9 Å². The first-order valence-corrected chi connectivity index (χ1v) is 9.06. The van der Waals surface area contributed by atoms with E-state index in [9.17, 15) is 4.79 Å². The number of nitrogen functional groups attached to an aromatic ring is 1. The average molecular weight is 389 g/mol. The van der Waals surface area contributed by atoms with Crippen molar-refractivity contribution in [3.05, 3.63) is 95.6 Å². The van der Waals surface area contributed by atoms with E-state index < -0.39 is 0 Å². The van der Waals surface area contributed by atoms with Crippen LogP contribution in [0.2, 0.25) is 5.02 Å². The number of halogens is 1. The zero-order valence-electron chi connectivity index (χ0n) is 14.8. The number of nitrogens with two attached hydrogens (primary N) is 1. The van der Waals surface area contributed by atoms with Crippen LogP contribution >= 0.6 is 11.6 Å². The number of hydrogen-bond donors (Lipinski definition) is 2. The third-order valence-electron chi connectivity index (χ3n) is 4.25. The monoisotopic (exact) mass is 388 g/mol. The summed E-state index contributed by atoms with van der Waals surface area (Å²) in [4.78, 5) is 13.0. The van der Waals surface area contributed by atoms with Gasteiger partial charge in [-0.1, -0.05) is 41.9 Å². The first kappa shape index (κ1) is 17.8. The third kappa shape index (κ3) is 3.75. The van der Waals surface area contributed by atoms with Crippen molar-refractivity contribution >= 4 is 28.9 Å². The Morgan fingerprint density at radius 1 is 0.929 bits per heavy atom. The molecule has 4 rings (SSSR count). The molecule has 0 bridgehead atoms. The van der Waals surface area contributed by atoms with E-state index in [-0.39, 0.29) is 5.91 Å². The van der Waals surface area contributed by atoms with E-state index in [1.54, 1.807) is 47.1 Å². The molecule has 0 aliphatic carbocycles. The summed E-state index contributed by atoms with van der Waals surface area (Å²) in [6.07, 6.45) is 0. The SMILES string of the molecule is Nc1ccc(NC(=O)c2cc(-c3ccc(Cl)cc3)nn2-c2ccccc2)cc1. The fourth-order valence-electron chi connectivity index (χ4n) is 2.83. The first-order chi connectivity index (χ1) is 13.6. The highest BCUT2D eigenvalue weighted by atomic mass is 35.5. The Hall–Kier alpha value is -3.57. The second kappa shape index (κ2) is 7.58. The zero-order valence-corrected chi connectivity index (χ0v) is 15.6. The molecule has 1 aromatic heterocycles. The molecule has 0 unspecified atom stereocenters. The summed E-state index contributed by atoms with van der Waals surface area (Å²) in [7, 11) is 0. The molecule has 0 fully saturated rings. The second-order valence-corrected chi connectivity index (χ2v) is 6.68. The van der Waals surface area contributed by atoms with Gasteiger partial charge in [0.05, 0.1) is 11.4 Å². The van der Waals surface area contributed by atoms with E-state index >= 15 is 0 Å². The molecule has 0 atom stereocenters. The van der Waals surface area contributed by atoms with Crippen molar-refractivity contribution in [2.45, 2.75) is 0 Å². The van der Waals surface area contributed by atoms with E-state index in [1.807, 2.05) is 42.5 Å². The number of nitrogens with one attached hydrogen (secondary N) is 1. The van der Waals surface area contributed by atoms with Gasteiger partial charge in [0.2, 0.25) is 0 Å². The molecule has 4 aromatic rings. The fraction of sp³-hybridized carbons (Fsp3) is 0. The topological polar surface area (TPSA) is 72.9 Å². The Kier molecular flexibility index (Phi) is 4.83. The second-order valence-electron chi connectivity index (χ2n) is 6.25. The molecule has 1 amide bonds. The molecule has 1 heterocycles. The van der Waals surface area contributed by atoms with Crippen molar-refractivity contribution in [3.8, 4) is 16.9 Å². The lowest BCUT2D eigenvalue weighted by atomic mass is 10.1. The minimum atomic E-state index is -0.263. The maximum absolute atomic E-state index is 13.0. The number of nitrogens with zero attached hydrogens (tertiary/aromatic N) is 2. The minimum absolute atomic E-state index is 0.263. The normalized spacial score (nSPS) is 10.6. The molecule has 0 radical (unpaired) electrons. The number of anilines is 2. The van der Waals surface area contributed by atoms with E-state index in [0.29, 0.717) is 27.8 Å². The van der Waals surface area contributed by atoms with Gasteiger partial charge in [0.15, 0.2) is 0 Å². The number of para-hydroxylation sites is 1. The van der Waals surface area contributed by atoms with Crippen LogP contribution in [0.3, 0.4) is 0 Å². The van der Waals surface area contributed by atoms with Crippen LogP contribution in [0, 0.1) is 0 Å². The lowest BCUT2D eigenvalue weighted by Gasteiger charge is -2.08. The van der Waals surface area contributed by atoms with Crippen molar-refractivity contribution in [1.82, 2.24) is 9.78 Å². The lowest BCUT2D eigenvalue weighted by molar-refractivity contribution is 0.101. The third-order valence-corrected chi connectivity index (χ3v) is 4.50. The van der Waals surface area contributed by atoms with Gasteiger partial charge in [0, 0.05) is 22.0 Å². The van der Waals surface area contributed by atoms with Crippen molar-refractivity contribution in [1.29, 1.82) is 0 Å². The first-order valence-electron chi connectivity index (χ1n) is 8.68. The van der Waals surface area contributed by atoms with E-state index in [4.69, 9.17) is 17.3 Å². The number of amides is 1. The molecular weight excluding hydrogens is 372 g/mol. The molecule has 0 spiro atoms. The summed E-state index contributed by atoms with van der Waals surface area (Å²) in [6.45, 7) is 0. The Labute approximate surface area is 167 Å². The maximum atomic E-state index is 13.0. The van der Waals surface area contributed by atoms with Crippen LogP contribution in [-0.2, 0) is 0 Å². The Balaban J connectivity index is 1.74. The molecule has 0 saturated heterocycles. The smallest absolute Gasteiger partial charge is 0.274 e. The molecule has 5 nitrogen and oxygen atoms in total. The predicted octanol–water partition coefficient (Wildman–Crippen LogP) is 5.03. The van der Waals surface area contributed by atoms with E-state index in [1.165, 1.54) is 0 Å². The van der Waals surface area contributed by atoms with Crippen LogP contribution in [0.5, 0.6) is 0 Å². The van der Waals surface area contributed by atoms with Gasteiger partial charge in [0.1, 0.15) is 5.69 Å². The summed E-state index contributed by atoms with van der Waals surface area (Å²) in [5.74, 6) is -0.263. The van der Waals surface area contributed by atoms with E-state index in [2.05, 4.69) is 10.4 Å². The number of benzene rings is 3. The average Bonchev–Trinajstić information content (AvgIpc) is 3.16. The summed E-state index contributed by atoms with van der Waals surface area (Å²) in [5.41, 5.74) is 9.79. The molecule has 3 aromatic carbocycles. The van der Waals surface area contributed by atoms with Crippen LogP contribution in [-0.4, -0.2) is 15.7 Å². The van der Waals surface area contributed by atoms with Gasteiger partial charge in [-0.3, -0.25) is 4.79 Å². The van der Waals surface area contributed by atoms with Gasteiger partial charge in [-0.25, -0.2) is 4.68 Å². The van der Waals surface area contributed by atoms with Crippen LogP contribution in [0.1, 0.15) is 10.5 Å². The Morgan fingerprint density at radius 3 is 2.29 bits per heavy atom. The molecular formula is C22H17ClN4O. The van der Waals surface area contributed by atoms with Gasteiger partial charge in [-0.15, -0.1) is 0 Å². The molecule has 0 saturated carbocycles. The van der Waals surface area contributed by atoms with Crippen LogP contribution in [0.4, 0.5) is 11.4 Å². The predicted molar refractivity (Wildman–Crippen MR) is 113 cm³/mol. The molecule has 138 valence electrons. The number of hydrogen-bond acceptors (Lipinski definition) is 3. The number of rotatable bonds is 4. The standard InChI is InChI=1S/C22H17ClN4O/c23-16-8-6-15(7-9-16)20-14-21(27(26-20)19-4-2-1-3-5-19)22(28)25-18-12-10-17(24)11-13-18/h1-14H,24H2,(H,25,28). The number of carbonyl (C=O) groups excluding carboxylic acids is 1. The largest absolute Gasteiger partial charge is 0.399 e. The maximum Gasteiger partial charge on any atom is 0.274 e. The van der Waals surface area contributed by atoms with Gasteiger partial charge in [-0.2, -0.15) is 5.10 Å². The van der Waals surface area contributed by atoms with Gasteiger partial charge in [-0.05, 0) is 54.6 Å². The minimum Gasteiger partial charge on any atom is -0.399 e. The highest BCUT2D eigenvalue weighted by molar-refractivity contribution is 6.30. The van der Waals surface area contributed by atoms with Crippen molar-refractivity contribution in [3.63, 3.8) is 0 Å². The Morgan fingerprint density at radius 2 is 1.61 bits per heavy atom. The zero-order chi connectivity index (χ0) is 19.5. The fourth-order valence-corrected chi connectivity index (χ4v) is 2.96. The number of aromatic nitrogens is 2. The van der Waals surface area contributed by atoms with Crippen molar-refractivity contribution in [2.24, 2.45) is 0 Å². The van der Waals surface area contributed by atoms with Crippen molar-refractivity contribution in [2.75, 3.05) is 11.1 Å². The van der Waals surface area contributed by atoms with Crippen LogP contribution < -0.4 is 11.1 Å². The summed E-state index contributed by atoms with van der Waals surface area (Å²) in [5, 5.41) is 8.19. The lowest BCUT2D eigenvalue weighted by Crippen LogP contribution is -2.16. The summed E-state index contributed by atoms with van der Waals surface area (Å²) < 4.78 is 1.64. The molecule has 6 heteroatoms. The highest BCUT2D eigenvalue weighted by Crippen LogP contribution is 2.24. The Bertz CT molecular complexity index is 1100. The quantitative estimate of drug-likeness (QED) is 0.482. The van der Waals surface area contributed by atoms with Gasteiger partial charge < -0.3 is 11.1 Å². The molecule has 3 N–H and O–H groups in total.